The lowest BCUT2D eigenvalue weighted by Gasteiger charge is -2.08. The van der Waals surface area contributed by atoms with Crippen LogP contribution < -0.4 is 0 Å². The molecule has 0 heterocycles. The summed E-state index contributed by atoms with van der Waals surface area (Å²) in [6, 6.07) is 2.57. The minimum atomic E-state index is -2.77. The number of hydrogen-bond acceptors (Lipinski definition) is 2. The van der Waals surface area contributed by atoms with Crippen molar-refractivity contribution in [3.05, 3.63) is 28.8 Å². The molecule has 0 aliphatic carbocycles. The zero-order valence-electron chi connectivity index (χ0n) is 7.84. The first-order chi connectivity index (χ1) is 6.43. The highest BCUT2D eigenvalue weighted by atomic mass is 19.3. The molecule has 4 heteroatoms. The van der Waals surface area contributed by atoms with E-state index in [0.717, 1.165) is 0 Å². The molecule has 2 nitrogen and oxygen atoms in total. The second-order valence-corrected chi connectivity index (χ2v) is 3.11. The van der Waals surface area contributed by atoms with Gasteiger partial charge >= 0.3 is 0 Å². The van der Waals surface area contributed by atoms with E-state index >= 15 is 0 Å². The van der Waals surface area contributed by atoms with Crippen molar-refractivity contribution in [2.45, 2.75) is 20.3 Å². The van der Waals surface area contributed by atoms with E-state index in [0.29, 0.717) is 5.56 Å². The first-order valence-electron chi connectivity index (χ1n) is 4.06. The number of Topliss-reactive ketones (excluding diaryl/α,β-unsaturated/α-hetero) is 1. The van der Waals surface area contributed by atoms with Crippen LogP contribution in [-0.2, 0) is 0 Å². The number of carbonyl (C=O) groups is 1. The van der Waals surface area contributed by atoms with Gasteiger partial charge in [0.05, 0.1) is 11.1 Å². The smallest absolute Gasteiger partial charge is 0.267 e. The maximum atomic E-state index is 12.4. The standard InChI is InChI=1S/C10H10F2O2/c1-5-3-7(6(2)13)9(14)8(4-5)10(11)12/h3-4,10,14H,1-2H3. The number of ketones is 1. The number of hydrogen-bond donors (Lipinski definition) is 1. The van der Waals surface area contributed by atoms with Crippen molar-refractivity contribution in [1.29, 1.82) is 0 Å². The molecule has 14 heavy (non-hydrogen) atoms. The summed E-state index contributed by atoms with van der Waals surface area (Å²) >= 11 is 0. The number of alkyl halides is 2. The minimum Gasteiger partial charge on any atom is -0.507 e. The highest BCUT2D eigenvalue weighted by Crippen LogP contribution is 2.32. The molecule has 0 aliphatic rings. The lowest BCUT2D eigenvalue weighted by Crippen LogP contribution is -1.98. The number of rotatable bonds is 2. The normalized spacial score (nSPS) is 10.6. The molecule has 0 spiro atoms. The molecule has 0 saturated heterocycles. The van der Waals surface area contributed by atoms with Crippen LogP contribution in [-0.4, -0.2) is 10.9 Å². The Labute approximate surface area is 80.2 Å². The van der Waals surface area contributed by atoms with E-state index < -0.39 is 23.5 Å². The van der Waals surface area contributed by atoms with Crippen molar-refractivity contribution in [2.75, 3.05) is 0 Å². The largest absolute Gasteiger partial charge is 0.507 e. The molecule has 1 aromatic rings. The van der Waals surface area contributed by atoms with E-state index in [2.05, 4.69) is 0 Å². The number of phenolic OH excluding ortho intramolecular Hbond substituents is 1. The van der Waals surface area contributed by atoms with Gasteiger partial charge in [-0.1, -0.05) is 0 Å². The fourth-order valence-corrected chi connectivity index (χ4v) is 1.24. The Hall–Kier alpha value is -1.45. The highest BCUT2D eigenvalue weighted by molar-refractivity contribution is 5.97. The number of aromatic hydroxyl groups is 1. The molecule has 0 bridgehead atoms. The van der Waals surface area contributed by atoms with Crippen LogP contribution in [0.5, 0.6) is 5.75 Å². The molecule has 1 N–H and O–H groups in total. The quantitative estimate of drug-likeness (QED) is 0.745. The predicted molar refractivity (Wildman–Crippen MR) is 47.8 cm³/mol. The summed E-state index contributed by atoms with van der Waals surface area (Å²) in [5, 5.41) is 9.35. The van der Waals surface area contributed by atoms with Crippen LogP contribution in [0.1, 0.15) is 34.8 Å². The van der Waals surface area contributed by atoms with Crippen molar-refractivity contribution in [3.8, 4) is 5.75 Å². The van der Waals surface area contributed by atoms with Gasteiger partial charge in [0.15, 0.2) is 5.78 Å². The molecule has 76 valence electrons. The van der Waals surface area contributed by atoms with Gasteiger partial charge in [0, 0.05) is 0 Å². The van der Waals surface area contributed by atoms with Crippen molar-refractivity contribution in [3.63, 3.8) is 0 Å². The van der Waals surface area contributed by atoms with Crippen molar-refractivity contribution >= 4 is 5.78 Å². The summed E-state index contributed by atoms with van der Waals surface area (Å²) in [5.41, 5.74) is -0.0150. The fraction of sp³-hybridized carbons (Fsp3) is 0.300. The summed E-state index contributed by atoms with van der Waals surface area (Å²) in [7, 11) is 0. The summed E-state index contributed by atoms with van der Waals surface area (Å²) < 4.78 is 24.8. The molecule has 0 saturated carbocycles. The molecule has 0 aromatic heterocycles. The van der Waals surface area contributed by atoms with Crippen LogP contribution in [0.25, 0.3) is 0 Å². The van der Waals surface area contributed by atoms with Gasteiger partial charge < -0.3 is 5.11 Å². The number of phenols is 1. The third-order valence-electron chi connectivity index (χ3n) is 1.90. The van der Waals surface area contributed by atoms with Crippen LogP contribution in [0.4, 0.5) is 8.78 Å². The SMILES string of the molecule is CC(=O)c1cc(C)cc(C(F)F)c1O. The van der Waals surface area contributed by atoms with Crippen LogP contribution in [0, 0.1) is 6.92 Å². The maximum absolute atomic E-state index is 12.4. The Balaban J connectivity index is 3.40. The van der Waals surface area contributed by atoms with E-state index in [1.807, 2.05) is 0 Å². The van der Waals surface area contributed by atoms with Crippen LogP contribution in [0.2, 0.25) is 0 Å². The number of benzene rings is 1. The van der Waals surface area contributed by atoms with Gasteiger partial charge in [-0.25, -0.2) is 8.78 Å². The first kappa shape index (κ1) is 10.6. The van der Waals surface area contributed by atoms with Gasteiger partial charge in [-0.15, -0.1) is 0 Å². The third kappa shape index (κ3) is 1.89. The molecule has 0 atom stereocenters. The molecule has 0 fully saturated rings. The van der Waals surface area contributed by atoms with E-state index in [4.69, 9.17) is 0 Å². The Bertz CT molecular complexity index is 373. The summed E-state index contributed by atoms with van der Waals surface area (Å²) in [5.74, 6) is -1.04. The van der Waals surface area contributed by atoms with E-state index in [9.17, 15) is 18.7 Å². The third-order valence-corrected chi connectivity index (χ3v) is 1.90. The van der Waals surface area contributed by atoms with Gasteiger partial charge in [-0.2, -0.15) is 0 Å². The molecule has 1 aromatic carbocycles. The topological polar surface area (TPSA) is 37.3 Å². The zero-order chi connectivity index (χ0) is 10.9. The molecule has 0 aliphatic heterocycles. The average Bonchev–Trinajstić information content (AvgIpc) is 2.07. The number of halogens is 2. The summed E-state index contributed by atoms with van der Waals surface area (Å²) in [6.07, 6.45) is -2.77. The summed E-state index contributed by atoms with van der Waals surface area (Å²) in [4.78, 5) is 11.0. The van der Waals surface area contributed by atoms with Crippen molar-refractivity contribution in [1.82, 2.24) is 0 Å². The average molecular weight is 200 g/mol. The Morgan fingerprint density at radius 3 is 2.43 bits per heavy atom. The van der Waals surface area contributed by atoms with E-state index in [1.54, 1.807) is 6.92 Å². The van der Waals surface area contributed by atoms with Gasteiger partial charge in [-0.05, 0) is 31.5 Å². The van der Waals surface area contributed by atoms with E-state index in [1.165, 1.54) is 19.1 Å². The maximum Gasteiger partial charge on any atom is 0.267 e. The lowest BCUT2D eigenvalue weighted by molar-refractivity contribution is 0.101. The second kappa shape index (κ2) is 3.74. The van der Waals surface area contributed by atoms with Gasteiger partial charge in [0.1, 0.15) is 5.75 Å². The van der Waals surface area contributed by atoms with Gasteiger partial charge in [-0.3, -0.25) is 4.79 Å². The Morgan fingerprint density at radius 2 is 2.00 bits per heavy atom. The second-order valence-electron chi connectivity index (χ2n) is 3.11. The summed E-state index contributed by atoms with van der Waals surface area (Å²) in [6.45, 7) is 2.82. The molecular formula is C10H10F2O2. The molecule has 0 radical (unpaired) electrons. The first-order valence-corrected chi connectivity index (χ1v) is 4.06. The zero-order valence-corrected chi connectivity index (χ0v) is 7.84. The molecular weight excluding hydrogens is 190 g/mol. The Kier molecular flexibility index (Phi) is 2.84. The monoisotopic (exact) mass is 200 g/mol. The van der Waals surface area contributed by atoms with Crippen molar-refractivity contribution in [2.24, 2.45) is 0 Å². The van der Waals surface area contributed by atoms with Crippen molar-refractivity contribution < 1.29 is 18.7 Å². The molecule has 1 rings (SSSR count). The van der Waals surface area contributed by atoms with Crippen LogP contribution >= 0.6 is 0 Å². The Morgan fingerprint density at radius 1 is 1.43 bits per heavy atom. The lowest BCUT2D eigenvalue weighted by atomic mass is 10.0. The fourth-order valence-electron chi connectivity index (χ4n) is 1.24. The van der Waals surface area contributed by atoms with Gasteiger partial charge in [0.25, 0.3) is 6.43 Å². The van der Waals surface area contributed by atoms with Crippen LogP contribution in [0.3, 0.4) is 0 Å². The highest BCUT2D eigenvalue weighted by Gasteiger charge is 2.18. The van der Waals surface area contributed by atoms with E-state index in [-0.39, 0.29) is 5.56 Å². The van der Waals surface area contributed by atoms with Gasteiger partial charge in [0.2, 0.25) is 0 Å². The predicted octanol–water partition coefficient (Wildman–Crippen LogP) is 2.84. The molecule has 0 amide bonds. The van der Waals surface area contributed by atoms with Crippen LogP contribution in [0.15, 0.2) is 12.1 Å². The number of carbonyl (C=O) groups excluding carboxylic acids is 1. The number of aryl methyl sites for hydroxylation is 1. The minimum absolute atomic E-state index is 0.0553. The molecule has 0 unspecified atom stereocenters.